The van der Waals surface area contributed by atoms with Crippen molar-refractivity contribution in [1.82, 2.24) is 14.5 Å². The van der Waals surface area contributed by atoms with E-state index in [1.807, 2.05) is 38.3 Å². The predicted octanol–water partition coefficient (Wildman–Crippen LogP) is 5.19. The van der Waals surface area contributed by atoms with Crippen molar-refractivity contribution in [3.63, 3.8) is 0 Å². The third kappa shape index (κ3) is 4.42. The van der Waals surface area contributed by atoms with E-state index >= 15 is 0 Å². The normalized spacial score (nSPS) is 10.8. The van der Waals surface area contributed by atoms with Crippen molar-refractivity contribution in [3.05, 3.63) is 91.8 Å². The summed E-state index contributed by atoms with van der Waals surface area (Å²) in [5, 5.41) is 5.66. The SMILES string of the molecule is Cc1cc(C)nc(-c2csc(NC(=O)c3ccc(=O)n(-c4cccc(Cl)c4C)c3)n2)c1. The molecule has 0 unspecified atom stereocenters. The Balaban J connectivity index is 1.61. The number of aromatic nitrogens is 3. The third-order valence-corrected chi connectivity index (χ3v) is 5.92. The molecule has 0 saturated carbocycles. The number of amides is 1. The zero-order chi connectivity index (χ0) is 22.1. The minimum Gasteiger partial charge on any atom is -0.298 e. The Bertz CT molecular complexity index is 1340. The van der Waals surface area contributed by atoms with Crippen LogP contribution in [0.15, 0.2) is 58.8 Å². The van der Waals surface area contributed by atoms with Crippen molar-refractivity contribution in [3.8, 4) is 17.1 Å². The lowest BCUT2D eigenvalue weighted by atomic mass is 10.2. The molecular formula is C23H19ClN4O2S. The number of anilines is 1. The molecule has 31 heavy (non-hydrogen) atoms. The first-order chi connectivity index (χ1) is 14.8. The Morgan fingerprint density at radius 1 is 1.06 bits per heavy atom. The number of nitrogens with zero attached hydrogens (tertiary/aromatic N) is 3. The molecule has 0 saturated heterocycles. The first kappa shape index (κ1) is 21.0. The van der Waals surface area contributed by atoms with Crippen LogP contribution in [0.3, 0.4) is 0 Å². The molecule has 4 aromatic rings. The quantitative estimate of drug-likeness (QED) is 0.464. The number of carbonyl (C=O) groups is 1. The van der Waals surface area contributed by atoms with Crippen LogP contribution in [-0.4, -0.2) is 20.4 Å². The zero-order valence-corrected chi connectivity index (χ0v) is 18.7. The predicted molar refractivity (Wildman–Crippen MR) is 125 cm³/mol. The van der Waals surface area contributed by atoms with Gasteiger partial charge in [-0.25, -0.2) is 4.98 Å². The van der Waals surface area contributed by atoms with Gasteiger partial charge in [0.05, 0.1) is 16.9 Å². The molecule has 3 heterocycles. The molecule has 6 nitrogen and oxygen atoms in total. The minimum atomic E-state index is -0.359. The van der Waals surface area contributed by atoms with Crippen LogP contribution in [0.4, 0.5) is 5.13 Å². The maximum absolute atomic E-state index is 12.8. The zero-order valence-electron chi connectivity index (χ0n) is 17.1. The van der Waals surface area contributed by atoms with E-state index in [9.17, 15) is 9.59 Å². The molecule has 1 N–H and O–H groups in total. The van der Waals surface area contributed by atoms with Crippen LogP contribution in [-0.2, 0) is 0 Å². The van der Waals surface area contributed by atoms with Crippen LogP contribution in [0, 0.1) is 20.8 Å². The second kappa shape index (κ2) is 8.45. The lowest BCUT2D eigenvalue weighted by Gasteiger charge is -2.11. The largest absolute Gasteiger partial charge is 0.298 e. The molecule has 0 aliphatic rings. The van der Waals surface area contributed by atoms with E-state index in [-0.39, 0.29) is 11.5 Å². The summed E-state index contributed by atoms with van der Waals surface area (Å²) >= 11 is 7.51. The van der Waals surface area contributed by atoms with Gasteiger partial charge in [-0.05, 0) is 62.2 Å². The highest BCUT2D eigenvalue weighted by Gasteiger charge is 2.14. The number of aryl methyl sites for hydroxylation is 2. The van der Waals surface area contributed by atoms with Crippen molar-refractivity contribution in [2.45, 2.75) is 20.8 Å². The highest BCUT2D eigenvalue weighted by atomic mass is 35.5. The number of nitrogens with one attached hydrogen (secondary N) is 1. The molecule has 1 amide bonds. The summed E-state index contributed by atoms with van der Waals surface area (Å²) in [6, 6.07) is 12.1. The van der Waals surface area contributed by atoms with Crippen LogP contribution in [0.25, 0.3) is 17.1 Å². The van der Waals surface area contributed by atoms with E-state index in [0.29, 0.717) is 27.1 Å². The van der Waals surface area contributed by atoms with E-state index in [1.54, 1.807) is 18.2 Å². The second-order valence-electron chi connectivity index (χ2n) is 7.17. The Hall–Kier alpha value is -3.29. The Morgan fingerprint density at radius 2 is 1.87 bits per heavy atom. The second-order valence-corrected chi connectivity index (χ2v) is 8.44. The van der Waals surface area contributed by atoms with Crippen LogP contribution in [0.5, 0.6) is 0 Å². The highest BCUT2D eigenvalue weighted by molar-refractivity contribution is 7.14. The number of halogens is 1. The molecular weight excluding hydrogens is 432 g/mol. The molecule has 4 rings (SSSR count). The van der Waals surface area contributed by atoms with E-state index < -0.39 is 0 Å². The average molecular weight is 451 g/mol. The average Bonchev–Trinajstić information content (AvgIpc) is 3.18. The monoisotopic (exact) mass is 450 g/mol. The fraction of sp³-hybridized carbons (Fsp3) is 0.130. The van der Waals surface area contributed by atoms with Gasteiger partial charge >= 0.3 is 0 Å². The molecule has 0 bridgehead atoms. The van der Waals surface area contributed by atoms with Crippen LogP contribution in [0.1, 0.15) is 27.2 Å². The fourth-order valence-electron chi connectivity index (χ4n) is 3.26. The number of hydrogen-bond acceptors (Lipinski definition) is 5. The topological polar surface area (TPSA) is 76.9 Å². The van der Waals surface area contributed by atoms with Crippen LogP contribution in [0.2, 0.25) is 5.02 Å². The summed E-state index contributed by atoms with van der Waals surface area (Å²) in [5.41, 5.74) is 4.94. The summed E-state index contributed by atoms with van der Waals surface area (Å²) in [7, 11) is 0. The van der Waals surface area contributed by atoms with Crippen molar-refractivity contribution < 1.29 is 4.79 Å². The molecule has 0 aliphatic heterocycles. The van der Waals surface area contributed by atoms with Gasteiger partial charge in [0, 0.05) is 28.4 Å². The first-order valence-corrected chi connectivity index (χ1v) is 10.8. The van der Waals surface area contributed by atoms with Gasteiger partial charge in [0.1, 0.15) is 5.69 Å². The smallest absolute Gasteiger partial charge is 0.258 e. The molecule has 8 heteroatoms. The van der Waals surface area contributed by atoms with Gasteiger partial charge in [-0.3, -0.25) is 24.5 Å². The lowest BCUT2D eigenvalue weighted by Crippen LogP contribution is -2.21. The first-order valence-electron chi connectivity index (χ1n) is 9.52. The Labute approximate surface area is 188 Å². The minimum absolute atomic E-state index is 0.251. The van der Waals surface area contributed by atoms with Gasteiger partial charge in [0.25, 0.3) is 11.5 Å². The van der Waals surface area contributed by atoms with Gasteiger partial charge in [-0.15, -0.1) is 11.3 Å². The van der Waals surface area contributed by atoms with Crippen molar-refractivity contribution in [2.75, 3.05) is 5.32 Å². The third-order valence-electron chi connectivity index (χ3n) is 4.76. The van der Waals surface area contributed by atoms with Crippen molar-refractivity contribution in [2.24, 2.45) is 0 Å². The van der Waals surface area contributed by atoms with Gasteiger partial charge in [0.2, 0.25) is 0 Å². The molecule has 0 fully saturated rings. The van der Waals surface area contributed by atoms with Gasteiger partial charge < -0.3 is 0 Å². The van der Waals surface area contributed by atoms with Crippen molar-refractivity contribution >= 4 is 34.0 Å². The Kier molecular flexibility index (Phi) is 5.71. The molecule has 0 atom stereocenters. The van der Waals surface area contributed by atoms with Gasteiger partial charge in [-0.1, -0.05) is 17.7 Å². The molecule has 1 aromatic carbocycles. The fourth-order valence-corrected chi connectivity index (χ4v) is 4.13. The molecule has 0 aliphatic carbocycles. The number of carbonyl (C=O) groups excluding carboxylic acids is 1. The van der Waals surface area contributed by atoms with Gasteiger partial charge in [-0.2, -0.15) is 0 Å². The maximum atomic E-state index is 12.8. The molecule has 156 valence electrons. The number of hydrogen-bond donors (Lipinski definition) is 1. The van der Waals surface area contributed by atoms with Gasteiger partial charge in [0.15, 0.2) is 5.13 Å². The Morgan fingerprint density at radius 3 is 2.65 bits per heavy atom. The standard InChI is InChI=1S/C23H19ClN4O2S/c1-13-9-14(2)25-18(10-13)19-12-31-23(26-19)27-22(30)16-7-8-21(29)28(11-16)20-6-4-5-17(24)15(20)3/h4-12H,1-3H3,(H,26,27,30). The van der Waals surface area contributed by atoms with E-state index in [4.69, 9.17) is 11.6 Å². The molecule has 3 aromatic heterocycles. The van der Waals surface area contributed by atoms with Crippen molar-refractivity contribution in [1.29, 1.82) is 0 Å². The number of pyridine rings is 2. The number of rotatable bonds is 4. The van der Waals surface area contributed by atoms with Crippen LogP contribution >= 0.6 is 22.9 Å². The number of thiazole rings is 1. The summed E-state index contributed by atoms with van der Waals surface area (Å²) in [4.78, 5) is 34.2. The van der Waals surface area contributed by atoms with E-state index in [0.717, 1.165) is 22.5 Å². The highest BCUT2D eigenvalue weighted by Crippen LogP contribution is 2.25. The summed E-state index contributed by atoms with van der Waals surface area (Å²) in [5.74, 6) is -0.359. The van der Waals surface area contributed by atoms with E-state index in [1.165, 1.54) is 34.2 Å². The lowest BCUT2D eigenvalue weighted by molar-refractivity contribution is 0.102. The molecule has 0 radical (unpaired) electrons. The molecule has 0 spiro atoms. The summed E-state index contributed by atoms with van der Waals surface area (Å²) in [6.07, 6.45) is 1.51. The van der Waals surface area contributed by atoms with Crippen LogP contribution < -0.4 is 10.9 Å². The summed E-state index contributed by atoms with van der Waals surface area (Å²) < 4.78 is 1.42. The number of benzene rings is 1. The maximum Gasteiger partial charge on any atom is 0.258 e. The van der Waals surface area contributed by atoms with E-state index in [2.05, 4.69) is 15.3 Å². The summed E-state index contributed by atoms with van der Waals surface area (Å²) in [6.45, 7) is 5.76.